The minimum absolute atomic E-state index is 0.257. The molecule has 0 N–H and O–H groups in total. The minimum Gasteiger partial charge on any atom is -0.495 e. The largest absolute Gasteiger partial charge is 0.495 e. The molecular formula is C12H17NO. The van der Waals surface area contributed by atoms with Gasteiger partial charge in [0.05, 0.1) is 12.7 Å². The number of ether oxygens (including phenoxy) is 1. The first kappa shape index (κ1) is 10.8. The highest BCUT2D eigenvalue weighted by atomic mass is 16.5. The van der Waals surface area contributed by atoms with Crippen LogP contribution in [0, 0.1) is 17.2 Å². The zero-order valence-corrected chi connectivity index (χ0v) is 8.75. The van der Waals surface area contributed by atoms with Crippen molar-refractivity contribution in [1.82, 2.24) is 0 Å². The molecule has 0 amide bonds. The van der Waals surface area contributed by atoms with Crippen LogP contribution in [0.4, 0.5) is 0 Å². The molecule has 1 aliphatic rings. The van der Waals surface area contributed by atoms with Crippen LogP contribution in [0.2, 0.25) is 0 Å². The Hall–Kier alpha value is -1.23. The second-order valence-electron chi connectivity index (χ2n) is 3.61. The molecule has 0 radical (unpaired) electrons. The van der Waals surface area contributed by atoms with Crippen molar-refractivity contribution in [2.75, 3.05) is 6.61 Å². The Balaban J connectivity index is 2.41. The number of hydrogen-bond donors (Lipinski definition) is 0. The van der Waals surface area contributed by atoms with Gasteiger partial charge in [0.15, 0.2) is 0 Å². The molecule has 0 aliphatic heterocycles. The first-order valence-corrected chi connectivity index (χ1v) is 5.17. The summed E-state index contributed by atoms with van der Waals surface area (Å²) in [6.45, 7) is 6.44. The first-order valence-electron chi connectivity index (χ1n) is 5.17. The zero-order valence-electron chi connectivity index (χ0n) is 8.75. The molecule has 0 heterocycles. The van der Waals surface area contributed by atoms with Gasteiger partial charge >= 0.3 is 0 Å². The van der Waals surface area contributed by atoms with Gasteiger partial charge < -0.3 is 4.74 Å². The minimum atomic E-state index is 0.257. The maximum atomic E-state index is 8.73. The van der Waals surface area contributed by atoms with Gasteiger partial charge in [-0.05, 0) is 38.7 Å². The maximum Gasteiger partial charge on any atom is 0.112 e. The fraction of sp³-hybridized carbons (Fsp3) is 0.583. The summed E-state index contributed by atoms with van der Waals surface area (Å²) in [5.41, 5.74) is 1.37. The molecular weight excluding hydrogens is 174 g/mol. The zero-order chi connectivity index (χ0) is 10.4. The summed E-state index contributed by atoms with van der Waals surface area (Å²) >= 11 is 0. The van der Waals surface area contributed by atoms with Crippen LogP contribution in [0.3, 0.4) is 0 Å². The Morgan fingerprint density at radius 2 is 2.29 bits per heavy atom. The molecule has 0 aromatic rings. The Labute approximate surface area is 85.9 Å². The van der Waals surface area contributed by atoms with Crippen LogP contribution >= 0.6 is 0 Å². The number of rotatable bonds is 3. The lowest BCUT2D eigenvalue weighted by Crippen LogP contribution is -2.06. The number of allylic oxidation sites excluding steroid dienone is 2. The third-order valence-corrected chi connectivity index (χ3v) is 2.51. The molecule has 14 heavy (non-hydrogen) atoms. The van der Waals surface area contributed by atoms with Gasteiger partial charge in [-0.15, -0.1) is 0 Å². The van der Waals surface area contributed by atoms with Gasteiger partial charge in [0.1, 0.15) is 5.76 Å². The molecule has 2 heteroatoms. The summed E-state index contributed by atoms with van der Waals surface area (Å²) in [6, 6.07) is 2.32. The number of nitrogens with zero attached hydrogens (tertiary/aromatic N) is 1. The van der Waals surface area contributed by atoms with E-state index in [4.69, 9.17) is 10.00 Å². The normalized spacial score (nSPS) is 21.1. The van der Waals surface area contributed by atoms with Gasteiger partial charge in [-0.1, -0.05) is 12.2 Å². The number of hydrogen-bond acceptors (Lipinski definition) is 2. The Bertz CT molecular complexity index is 263. The average molecular weight is 191 g/mol. The van der Waals surface area contributed by atoms with Crippen molar-refractivity contribution < 1.29 is 4.74 Å². The molecule has 0 unspecified atom stereocenters. The third-order valence-electron chi connectivity index (χ3n) is 2.51. The standard InChI is InChI=1S/C12H17NO/c1-3-14-10(2)8-11-4-6-12(9-13)7-5-11/h8,12H,2-7H2,1H3. The van der Waals surface area contributed by atoms with Crippen LogP contribution in [-0.4, -0.2) is 6.61 Å². The molecule has 0 aromatic heterocycles. The second kappa shape index (κ2) is 5.49. The molecule has 0 spiro atoms. The highest BCUT2D eigenvalue weighted by Gasteiger charge is 2.15. The lowest BCUT2D eigenvalue weighted by molar-refractivity contribution is 0.243. The van der Waals surface area contributed by atoms with Gasteiger partial charge in [-0.2, -0.15) is 5.26 Å². The van der Waals surface area contributed by atoms with Crippen molar-refractivity contribution in [3.8, 4) is 6.07 Å². The van der Waals surface area contributed by atoms with E-state index < -0.39 is 0 Å². The van der Waals surface area contributed by atoms with Gasteiger partial charge in [0.25, 0.3) is 0 Å². The van der Waals surface area contributed by atoms with E-state index in [-0.39, 0.29) is 5.92 Å². The molecule has 0 atom stereocenters. The summed E-state index contributed by atoms with van der Waals surface area (Å²) in [7, 11) is 0. The Kier molecular flexibility index (Phi) is 4.25. The van der Waals surface area contributed by atoms with Crippen molar-refractivity contribution >= 4 is 0 Å². The van der Waals surface area contributed by atoms with E-state index in [2.05, 4.69) is 12.6 Å². The fourth-order valence-corrected chi connectivity index (χ4v) is 1.72. The quantitative estimate of drug-likeness (QED) is 0.642. The SMILES string of the molecule is C=C(C=C1CCC(C#N)CC1)OCC. The van der Waals surface area contributed by atoms with Crippen LogP contribution in [0.15, 0.2) is 24.0 Å². The number of nitriles is 1. The van der Waals surface area contributed by atoms with Gasteiger partial charge in [-0.3, -0.25) is 0 Å². The molecule has 1 saturated carbocycles. The lowest BCUT2D eigenvalue weighted by Gasteiger charge is -2.18. The van der Waals surface area contributed by atoms with Gasteiger partial charge in [0.2, 0.25) is 0 Å². The van der Waals surface area contributed by atoms with E-state index in [9.17, 15) is 0 Å². The molecule has 1 aliphatic carbocycles. The molecule has 2 nitrogen and oxygen atoms in total. The lowest BCUT2D eigenvalue weighted by atomic mass is 9.86. The van der Waals surface area contributed by atoms with Gasteiger partial charge in [0, 0.05) is 5.92 Å². The highest BCUT2D eigenvalue weighted by molar-refractivity contribution is 5.18. The monoisotopic (exact) mass is 191 g/mol. The molecule has 0 aromatic carbocycles. The maximum absolute atomic E-state index is 8.73. The highest BCUT2D eigenvalue weighted by Crippen LogP contribution is 2.28. The van der Waals surface area contributed by atoms with Crippen LogP contribution < -0.4 is 0 Å². The second-order valence-corrected chi connectivity index (χ2v) is 3.61. The van der Waals surface area contributed by atoms with Crippen LogP contribution in [0.1, 0.15) is 32.6 Å². The molecule has 76 valence electrons. The van der Waals surface area contributed by atoms with E-state index in [1.54, 1.807) is 0 Å². The van der Waals surface area contributed by atoms with Crippen molar-refractivity contribution in [3.05, 3.63) is 24.0 Å². The Morgan fingerprint density at radius 1 is 1.64 bits per heavy atom. The van der Waals surface area contributed by atoms with Crippen molar-refractivity contribution in [2.24, 2.45) is 5.92 Å². The predicted octanol–water partition coefficient (Wildman–Crippen LogP) is 3.18. The predicted molar refractivity (Wildman–Crippen MR) is 56.4 cm³/mol. The Morgan fingerprint density at radius 3 is 2.79 bits per heavy atom. The summed E-state index contributed by atoms with van der Waals surface area (Å²) < 4.78 is 5.26. The summed E-state index contributed by atoms with van der Waals surface area (Å²) in [4.78, 5) is 0. The van der Waals surface area contributed by atoms with Crippen LogP contribution in [0.5, 0.6) is 0 Å². The van der Waals surface area contributed by atoms with Crippen molar-refractivity contribution in [2.45, 2.75) is 32.6 Å². The van der Waals surface area contributed by atoms with E-state index in [0.29, 0.717) is 6.61 Å². The molecule has 1 rings (SSSR count). The van der Waals surface area contributed by atoms with Crippen LogP contribution in [-0.2, 0) is 4.74 Å². The smallest absolute Gasteiger partial charge is 0.112 e. The van der Waals surface area contributed by atoms with E-state index >= 15 is 0 Å². The van der Waals surface area contributed by atoms with E-state index in [1.165, 1.54) is 5.57 Å². The first-order chi connectivity index (χ1) is 6.76. The van der Waals surface area contributed by atoms with Crippen LogP contribution in [0.25, 0.3) is 0 Å². The third kappa shape index (κ3) is 3.26. The molecule has 0 saturated heterocycles. The summed E-state index contributed by atoms with van der Waals surface area (Å²) in [5.74, 6) is 1.01. The summed E-state index contributed by atoms with van der Waals surface area (Å²) in [5, 5.41) is 8.73. The molecule has 1 fully saturated rings. The fourth-order valence-electron chi connectivity index (χ4n) is 1.72. The van der Waals surface area contributed by atoms with Gasteiger partial charge in [-0.25, -0.2) is 0 Å². The van der Waals surface area contributed by atoms with Crippen molar-refractivity contribution in [1.29, 1.82) is 5.26 Å². The average Bonchev–Trinajstić information content (AvgIpc) is 2.19. The van der Waals surface area contributed by atoms with E-state index in [0.717, 1.165) is 31.4 Å². The van der Waals surface area contributed by atoms with Crippen molar-refractivity contribution in [3.63, 3.8) is 0 Å². The molecule has 0 bridgehead atoms. The summed E-state index contributed by atoms with van der Waals surface area (Å²) in [6.07, 6.45) is 6.04. The topological polar surface area (TPSA) is 33.0 Å². The van der Waals surface area contributed by atoms with E-state index in [1.807, 2.05) is 13.0 Å².